The molecule has 17 heavy (non-hydrogen) atoms. The minimum absolute atomic E-state index is 0.0625. The summed E-state index contributed by atoms with van der Waals surface area (Å²) in [7, 11) is 0. The third kappa shape index (κ3) is 5.38. The number of ether oxygens (including phenoxy) is 1. The minimum atomic E-state index is -0.0625. The number of carbonyl (C=O) groups is 1. The van der Waals surface area contributed by atoms with Gasteiger partial charge in [0, 0.05) is 6.04 Å². The van der Waals surface area contributed by atoms with Crippen molar-refractivity contribution in [1.29, 1.82) is 0 Å². The van der Waals surface area contributed by atoms with Crippen molar-refractivity contribution in [3.8, 4) is 5.75 Å². The van der Waals surface area contributed by atoms with Gasteiger partial charge in [-0.1, -0.05) is 25.5 Å². The van der Waals surface area contributed by atoms with Crippen LogP contribution in [0.25, 0.3) is 0 Å². The van der Waals surface area contributed by atoms with E-state index in [4.69, 9.17) is 4.74 Å². The molecule has 1 amide bonds. The lowest BCUT2D eigenvalue weighted by molar-refractivity contribution is -0.123. The number of aryl methyl sites for hydroxylation is 1. The zero-order valence-corrected chi connectivity index (χ0v) is 10.8. The van der Waals surface area contributed by atoms with Crippen molar-refractivity contribution in [3.63, 3.8) is 0 Å². The van der Waals surface area contributed by atoms with Crippen molar-refractivity contribution in [2.75, 3.05) is 6.61 Å². The highest BCUT2D eigenvalue weighted by Gasteiger charge is 2.06. The van der Waals surface area contributed by atoms with Gasteiger partial charge in [-0.3, -0.25) is 4.79 Å². The molecule has 0 saturated heterocycles. The standard InChI is InChI=1S/C14H21NO2/c1-4-6-12(3)15-14(16)10-17-13-8-5-7-11(2)9-13/h5,7-9,12H,4,6,10H2,1-3H3,(H,15,16)/t12-/m1/s1. The number of carbonyl (C=O) groups excluding carboxylic acids is 1. The van der Waals surface area contributed by atoms with E-state index in [0.29, 0.717) is 0 Å². The molecule has 0 aliphatic carbocycles. The first-order valence-electron chi connectivity index (χ1n) is 6.10. The predicted molar refractivity (Wildman–Crippen MR) is 69.2 cm³/mol. The van der Waals surface area contributed by atoms with E-state index in [-0.39, 0.29) is 18.6 Å². The summed E-state index contributed by atoms with van der Waals surface area (Å²) in [5.74, 6) is 0.677. The summed E-state index contributed by atoms with van der Waals surface area (Å²) in [4.78, 5) is 11.6. The number of rotatable bonds is 6. The Hall–Kier alpha value is -1.51. The van der Waals surface area contributed by atoms with Gasteiger partial charge in [0.15, 0.2) is 6.61 Å². The van der Waals surface area contributed by atoms with Crippen molar-refractivity contribution in [1.82, 2.24) is 5.32 Å². The Bertz CT molecular complexity index is 363. The summed E-state index contributed by atoms with van der Waals surface area (Å²) in [5.41, 5.74) is 1.13. The van der Waals surface area contributed by atoms with E-state index in [9.17, 15) is 4.79 Å². The first-order valence-corrected chi connectivity index (χ1v) is 6.10. The van der Waals surface area contributed by atoms with Gasteiger partial charge in [0.05, 0.1) is 0 Å². The van der Waals surface area contributed by atoms with Crippen LogP contribution in [-0.2, 0) is 4.79 Å². The zero-order valence-electron chi connectivity index (χ0n) is 10.8. The van der Waals surface area contributed by atoms with Crippen LogP contribution in [0.15, 0.2) is 24.3 Å². The second-order valence-corrected chi connectivity index (χ2v) is 4.36. The number of amides is 1. The van der Waals surface area contributed by atoms with Crippen LogP contribution in [0.2, 0.25) is 0 Å². The van der Waals surface area contributed by atoms with Crippen molar-refractivity contribution >= 4 is 5.91 Å². The Labute approximate surface area is 103 Å². The Morgan fingerprint density at radius 2 is 2.24 bits per heavy atom. The largest absolute Gasteiger partial charge is 0.484 e. The summed E-state index contributed by atoms with van der Waals surface area (Å²) in [5, 5.41) is 2.90. The van der Waals surface area contributed by atoms with Crippen LogP contribution < -0.4 is 10.1 Å². The average molecular weight is 235 g/mol. The molecule has 0 saturated carbocycles. The molecule has 0 aliphatic rings. The normalized spacial score (nSPS) is 11.9. The lowest BCUT2D eigenvalue weighted by atomic mass is 10.2. The Morgan fingerprint density at radius 1 is 1.47 bits per heavy atom. The molecule has 0 bridgehead atoms. The van der Waals surface area contributed by atoms with Gasteiger partial charge in [0.1, 0.15) is 5.75 Å². The minimum Gasteiger partial charge on any atom is -0.484 e. The molecule has 3 nitrogen and oxygen atoms in total. The Kier molecular flexibility index (Phi) is 5.53. The lowest BCUT2D eigenvalue weighted by Gasteiger charge is -2.13. The SMILES string of the molecule is CCC[C@@H](C)NC(=O)COc1cccc(C)c1. The van der Waals surface area contributed by atoms with Crippen LogP contribution in [-0.4, -0.2) is 18.6 Å². The van der Waals surface area contributed by atoms with E-state index < -0.39 is 0 Å². The molecule has 0 aliphatic heterocycles. The summed E-state index contributed by atoms with van der Waals surface area (Å²) in [6.45, 7) is 6.19. The van der Waals surface area contributed by atoms with Crippen LogP contribution in [0.5, 0.6) is 5.75 Å². The molecule has 3 heteroatoms. The highest BCUT2D eigenvalue weighted by Crippen LogP contribution is 2.11. The van der Waals surface area contributed by atoms with E-state index in [2.05, 4.69) is 12.2 Å². The molecular weight excluding hydrogens is 214 g/mol. The van der Waals surface area contributed by atoms with Crippen LogP contribution in [0.3, 0.4) is 0 Å². The van der Waals surface area contributed by atoms with Crippen molar-refractivity contribution in [3.05, 3.63) is 29.8 Å². The maximum Gasteiger partial charge on any atom is 0.258 e. The van der Waals surface area contributed by atoms with Gasteiger partial charge in [0.2, 0.25) is 0 Å². The van der Waals surface area contributed by atoms with Crippen LogP contribution >= 0.6 is 0 Å². The maximum atomic E-state index is 11.6. The van der Waals surface area contributed by atoms with E-state index >= 15 is 0 Å². The molecule has 0 fully saturated rings. The van der Waals surface area contributed by atoms with Gasteiger partial charge in [0.25, 0.3) is 5.91 Å². The molecular formula is C14H21NO2. The Morgan fingerprint density at radius 3 is 2.88 bits per heavy atom. The topological polar surface area (TPSA) is 38.3 Å². The van der Waals surface area contributed by atoms with Crippen molar-refractivity contribution in [2.24, 2.45) is 0 Å². The quantitative estimate of drug-likeness (QED) is 0.823. The molecule has 1 aromatic rings. The molecule has 0 radical (unpaired) electrons. The molecule has 1 atom stereocenters. The van der Waals surface area contributed by atoms with Crippen LogP contribution in [0, 0.1) is 6.92 Å². The van der Waals surface area contributed by atoms with Crippen molar-refractivity contribution < 1.29 is 9.53 Å². The molecule has 1 N–H and O–H groups in total. The van der Waals surface area contributed by atoms with Gasteiger partial charge in [-0.2, -0.15) is 0 Å². The maximum absolute atomic E-state index is 11.6. The Balaban J connectivity index is 2.33. The highest BCUT2D eigenvalue weighted by molar-refractivity contribution is 5.77. The smallest absolute Gasteiger partial charge is 0.258 e. The molecule has 0 spiro atoms. The number of hydrogen-bond acceptors (Lipinski definition) is 2. The number of nitrogens with one attached hydrogen (secondary N) is 1. The van der Waals surface area contributed by atoms with E-state index in [0.717, 1.165) is 24.2 Å². The fraction of sp³-hybridized carbons (Fsp3) is 0.500. The van der Waals surface area contributed by atoms with Crippen LogP contribution in [0.4, 0.5) is 0 Å². The molecule has 1 aromatic carbocycles. The average Bonchev–Trinajstić information content (AvgIpc) is 2.27. The summed E-state index contributed by atoms with van der Waals surface area (Å²) in [6, 6.07) is 7.91. The summed E-state index contributed by atoms with van der Waals surface area (Å²) >= 11 is 0. The van der Waals surface area contributed by atoms with Gasteiger partial charge in [-0.15, -0.1) is 0 Å². The van der Waals surface area contributed by atoms with E-state index in [1.807, 2.05) is 38.1 Å². The summed E-state index contributed by atoms with van der Waals surface area (Å²) < 4.78 is 5.42. The molecule has 94 valence electrons. The first-order chi connectivity index (χ1) is 8.11. The third-order valence-corrected chi connectivity index (χ3v) is 2.49. The van der Waals surface area contributed by atoms with Gasteiger partial charge in [-0.05, 0) is 38.0 Å². The monoisotopic (exact) mass is 235 g/mol. The van der Waals surface area contributed by atoms with Gasteiger partial charge in [-0.25, -0.2) is 0 Å². The van der Waals surface area contributed by atoms with E-state index in [1.165, 1.54) is 0 Å². The molecule has 0 unspecified atom stereocenters. The highest BCUT2D eigenvalue weighted by atomic mass is 16.5. The molecule has 0 aromatic heterocycles. The number of benzene rings is 1. The number of hydrogen-bond donors (Lipinski definition) is 1. The van der Waals surface area contributed by atoms with E-state index in [1.54, 1.807) is 0 Å². The van der Waals surface area contributed by atoms with Crippen LogP contribution in [0.1, 0.15) is 32.3 Å². The predicted octanol–water partition coefficient (Wildman–Crippen LogP) is 2.68. The molecule has 1 rings (SSSR count). The molecule has 0 heterocycles. The van der Waals surface area contributed by atoms with Crippen molar-refractivity contribution in [2.45, 2.75) is 39.7 Å². The third-order valence-electron chi connectivity index (χ3n) is 2.49. The van der Waals surface area contributed by atoms with Gasteiger partial charge >= 0.3 is 0 Å². The summed E-state index contributed by atoms with van der Waals surface area (Å²) in [6.07, 6.45) is 2.07. The second kappa shape index (κ2) is 6.94. The zero-order chi connectivity index (χ0) is 12.7. The fourth-order valence-electron chi connectivity index (χ4n) is 1.68. The second-order valence-electron chi connectivity index (χ2n) is 4.36. The van der Waals surface area contributed by atoms with Gasteiger partial charge < -0.3 is 10.1 Å². The first kappa shape index (κ1) is 13.6. The lowest BCUT2D eigenvalue weighted by Crippen LogP contribution is -2.35. The fourth-order valence-corrected chi connectivity index (χ4v) is 1.68.